The Kier molecular flexibility index (Phi) is 4.94. The molecule has 0 radical (unpaired) electrons. The average Bonchev–Trinajstić information content (AvgIpc) is 3.17. The van der Waals surface area contributed by atoms with E-state index < -0.39 is 6.04 Å². The van der Waals surface area contributed by atoms with Crippen LogP contribution in [-0.4, -0.2) is 34.5 Å². The lowest BCUT2D eigenvalue weighted by Crippen LogP contribution is -2.42. The topological polar surface area (TPSA) is 85.2 Å². The molecule has 0 bridgehead atoms. The fourth-order valence-corrected chi connectivity index (χ4v) is 3.30. The molecular weight excluding hydrogens is 352 g/mol. The summed E-state index contributed by atoms with van der Waals surface area (Å²) in [5.74, 6) is 0.0929. The Morgan fingerprint density at radius 2 is 2.08 bits per heavy atom. The number of methoxy groups -OCH3 is 1. The zero-order valence-electron chi connectivity index (χ0n) is 15.0. The van der Waals surface area contributed by atoms with Crippen LogP contribution in [0.5, 0.6) is 5.75 Å². The van der Waals surface area contributed by atoms with Gasteiger partial charge in [0.1, 0.15) is 17.5 Å². The number of hydrogen-bond donors (Lipinski definition) is 2. The number of rotatable bonds is 5. The summed E-state index contributed by atoms with van der Waals surface area (Å²) < 4.78 is 7.01. The smallest absolute Gasteiger partial charge is 0.268 e. The molecular formula is C18H20N4O3S. The van der Waals surface area contributed by atoms with Crippen molar-refractivity contribution in [2.75, 3.05) is 12.4 Å². The number of benzene rings is 1. The lowest BCUT2D eigenvalue weighted by molar-refractivity contribution is -0.117. The van der Waals surface area contributed by atoms with Crippen molar-refractivity contribution < 1.29 is 14.3 Å². The number of anilines is 1. The molecule has 0 fully saturated rings. The maximum Gasteiger partial charge on any atom is 0.268 e. The van der Waals surface area contributed by atoms with Crippen molar-refractivity contribution >= 4 is 39.2 Å². The first-order valence-corrected chi connectivity index (χ1v) is 8.88. The Bertz CT molecular complexity index is 976. The molecule has 136 valence electrons. The molecule has 0 unspecified atom stereocenters. The van der Waals surface area contributed by atoms with Crippen LogP contribution >= 0.6 is 11.3 Å². The molecule has 2 aromatic heterocycles. The molecule has 3 aromatic rings. The van der Waals surface area contributed by atoms with Crippen LogP contribution in [0.1, 0.15) is 22.3 Å². The van der Waals surface area contributed by atoms with Crippen molar-refractivity contribution in [2.24, 2.45) is 7.05 Å². The van der Waals surface area contributed by atoms with Gasteiger partial charge >= 0.3 is 0 Å². The zero-order chi connectivity index (χ0) is 18.8. The van der Waals surface area contributed by atoms with Gasteiger partial charge in [0.15, 0.2) is 5.13 Å². The number of hydrogen-bond acceptors (Lipinski definition) is 5. The Balaban J connectivity index is 1.73. The van der Waals surface area contributed by atoms with E-state index in [-0.39, 0.29) is 11.8 Å². The van der Waals surface area contributed by atoms with Crippen molar-refractivity contribution in [3.8, 4) is 5.75 Å². The molecule has 7 nitrogen and oxygen atoms in total. The molecule has 0 saturated heterocycles. The number of fused-ring (bicyclic) bond motifs is 1. The van der Waals surface area contributed by atoms with Gasteiger partial charge in [0.05, 0.1) is 7.11 Å². The molecule has 3 rings (SSSR count). The van der Waals surface area contributed by atoms with Crippen LogP contribution < -0.4 is 15.4 Å². The Morgan fingerprint density at radius 1 is 1.31 bits per heavy atom. The van der Waals surface area contributed by atoms with E-state index in [1.54, 1.807) is 30.9 Å². The molecule has 2 heterocycles. The highest BCUT2D eigenvalue weighted by molar-refractivity contribution is 7.15. The quantitative estimate of drug-likeness (QED) is 0.721. The molecule has 0 aliphatic heterocycles. The van der Waals surface area contributed by atoms with Crippen molar-refractivity contribution in [3.05, 3.63) is 41.0 Å². The van der Waals surface area contributed by atoms with Crippen LogP contribution in [0.2, 0.25) is 0 Å². The van der Waals surface area contributed by atoms with Crippen molar-refractivity contribution in [1.82, 2.24) is 14.9 Å². The minimum atomic E-state index is -0.695. The van der Waals surface area contributed by atoms with E-state index in [1.807, 2.05) is 32.2 Å². The van der Waals surface area contributed by atoms with E-state index in [4.69, 9.17) is 4.74 Å². The maximum absolute atomic E-state index is 12.6. The summed E-state index contributed by atoms with van der Waals surface area (Å²) in [5.41, 5.74) is 1.38. The second kappa shape index (κ2) is 7.17. The fraction of sp³-hybridized carbons (Fsp3) is 0.278. The third kappa shape index (κ3) is 3.55. The third-order valence-electron chi connectivity index (χ3n) is 4.07. The summed E-state index contributed by atoms with van der Waals surface area (Å²) in [6.45, 7) is 3.55. The lowest BCUT2D eigenvalue weighted by atomic mass is 10.2. The summed E-state index contributed by atoms with van der Waals surface area (Å²) >= 11 is 1.39. The number of nitrogens with zero attached hydrogens (tertiary/aromatic N) is 2. The first kappa shape index (κ1) is 17.9. The van der Waals surface area contributed by atoms with Crippen LogP contribution in [-0.2, 0) is 11.8 Å². The van der Waals surface area contributed by atoms with Crippen LogP contribution in [0, 0.1) is 6.92 Å². The van der Waals surface area contributed by atoms with Crippen molar-refractivity contribution in [3.63, 3.8) is 0 Å². The number of nitrogens with one attached hydrogen (secondary N) is 2. The predicted molar refractivity (Wildman–Crippen MR) is 102 cm³/mol. The minimum absolute atomic E-state index is 0.312. The highest BCUT2D eigenvalue weighted by Crippen LogP contribution is 2.24. The predicted octanol–water partition coefficient (Wildman–Crippen LogP) is 2.71. The highest BCUT2D eigenvalue weighted by Gasteiger charge is 2.20. The number of thiazole rings is 1. The van der Waals surface area contributed by atoms with Gasteiger partial charge in [-0.25, -0.2) is 4.98 Å². The van der Waals surface area contributed by atoms with Crippen molar-refractivity contribution in [1.29, 1.82) is 0 Å². The number of aryl methyl sites for hydroxylation is 2. The molecule has 26 heavy (non-hydrogen) atoms. The number of carbonyl (C=O) groups is 2. The number of ether oxygens (including phenoxy) is 1. The van der Waals surface area contributed by atoms with E-state index in [9.17, 15) is 9.59 Å². The summed E-state index contributed by atoms with van der Waals surface area (Å²) in [7, 11) is 3.41. The van der Waals surface area contributed by atoms with Gasteiger partial charge < -0.3 is 19.9 Å². The number of carbonyl (C=O) groups excluding carboxylic acids is 2. The molecule has 0 aliphatic carbocycles. The molecule has 1 aromatic carbocycles. The first-order valence-electron chi connectivity index (χ1n) is 8.06. The second-order valence-electron chi connectivity index (χ2n) is 5.97. The van der Waals surface area contributed by atoms with Gasteiger partial charge in [-0.1, -0.05) is 0 Å². The highest BCUT2D eigenvalue weighted by atomic mass is 32.1. The van der Waals surface area contributed by atoms with Crippen LogP contribution in [0.25, 0.3) is 10.9 Å². The normalized spacial score (nSPS) is 12.0. The number of amides is 2. The lowest BCUT2D eigenvalue weighted by Gasteiger charge is -2.13. The molecule has 1 atom stereocenters. The SMILES string of the molecule is COc1ccc2c(c1)cc(C(=O)N[C@@H](C)C(=O)Nc1ncc(C)s1)n2C. The molecule has 2 amide bonds. The van der Waals surface area contributed by atoms with Gasteiger partial charge in [-0.05, 0) is 38.1 Å². The monoisotopic (exact) mass is 372 g/mol. The molecule has 0 spiro atoms. The minimum Gasteiger partial charge on any atom is -0.497 e. The molecule has 8 heteroatoms. The summed E-state index contributed by atoms with van der Waals surface area (Å²) in [4.78, 5) is 29.9. The van der Waals surface area contributed by atoms with Crippen LogP contribution in [0.4, 0.5) is 5.13 Å². The van der Waals surface area contributed by atoms with Crippen LogP contribution in [0.15, 0.2) is 30.5 Å². The van der Waals surface area contributed by atoms with E-state index in [0.717, 1.165) is 21.5 Å². The average molecular weight is 372 g/mol. The summed E-state index contributed by atoms with van der Waals surface area (Å²) in [6.07, 6.45) is 1.69. The second-order valence-corrected chi connectivity index (χ2v) is 7.21. The van der Waals surface area contributed by atoms with Gasteiger partial charge in [0, 0.05) is 29.0 Å². The maximum atomic E-state index is 12.6. The summed E-state index contributed by atoms with van der Waals surface area (Å²) in [5, 5.41) is 6.85. The molecule has 0 saturated carbocycles. The van der Waals surface area contributed by atoms with Crippen LogP contribution in [0.3, 0.4) is 0 Å². The standard InChI is InChI=1S/C18H20N4O3S/c1-10-9-19-18(26-10)21-16(23)11(2)20-17(24)15-8-12-7-13(25-4)5-6-14(12)22(15)3/h5-9,11H,1-4H3,(H,20,24)(H,19,21,23)/t11-/m0/s1. The van der Waals surface area contributed by atoms with Gasteiger partial charge in [-0.15, -0.1) is 11.3 Å². The van der Waals surface area contributed by atoms with Crippen molar-refractivity contribution in [2.45, 2.75) is 19.9 Å². The zero-order valence-corrected chi connectivity index (χ0v) is 15.8. The molecule has 0 aliphatic rings. The van der Waals surface area contributed by atoms with E-state index in [1.165, 1.54) is 11.3 Å². The Morgan fingerprint density at radius 3 is 2.73 bits per heavy atom. The summed E-state index contributed by atoms with van der Waals surface area (Å²) in [6, 6.07) is 6.69. The largest absolute Gasteiger partial charge is 0.497 e. The van der Waals surface area contributed by atoms with Gasteiger partial charge in [0.25, 0.3) is 5.91 Å². The third-order valence-corrected chi connectivity index (χ3v) is 4.90. The molecule has 2 N–H and O–H groups in total. The fourth-order valence-electron chi connectivity index (χ4n) is 2.63. The van der Waals surface area contributed by atoms with E-state index >= 15 is 0 Å². The van der Waals surface area contributed by atoms with E-state index in [2.05, 4.69) is 15.6 Å². The Hall–Kier alpha value is -2.87. The number of aromatic nitrogens is 2. The van der Waals surface area contributed by atoms with Gasteiger partial charge in [0.2, 0.25) is 5.91 Å². The first-order chi connectivity index (χ1) is 12.4. The Labute approximate surface area is 155 Å². The van der Waals surface area contributed by atoms with Gasteiger partial charge in [-0.3, -0.25) is 9.59 Å². The van der Waals surface area contributed by atoms with E-state index in [0.29, 0.717) is 10.8 Å². The van der Waals surface area contributed by atoms with Gasteiger partial charge in [-0.2, -0.15) is 0 Å².